The number of amides is 1. The van der Waals surface area contributed by atoms with Crippen LogP contribution in [0, 0.1) is 0 Å². The van der Waals surface area contributed by atoms with E-state index in [2.05, 4.69) is 20.8 Å². The predicted molar refractivity (Wildman–Crippen MR) is 69.2 cm³/mol. The lowest BCUT2D eigenvalue weighted by molar-refractivity contribution is 0.102. The topological polar surface area (TPSA) is 66.9 Å². The van der Waals surface area contributed by atoms with Crippen molar-refractivity contribution in [2.75, 3.05) is 12.4 Å². The van der Waals surface area contributed by atoms with Crippen molar-refractivity contribution in [1.29, 1.82) is 0 Å². The lowest BCUT2D eigenvalue weighted by atomic mass is 10.2. The van der Waals surface area contributed by atoms with Crippen LogP contribution >= 0.6 is 0 Å². The summed E-state index contributed by atoms with van der Waals surface area (Å²) in [4.78, 5) is 11.8. The van der Waals surface area contributed by atoms with Crippen molar-refractivity contribution < 1.29 is 4.79 Å². The molecule has 0 radical (unpaired) electrons. The van der Waals surface area contributed by atoms with Gasteiger partial charge in [0.1, 0.15) is 0 Å². The minimum absolute atomic E-state index is 0.189. The maximum atomic E-state index is 11.8. The van der Waals surface area contributed by atoms with Gasteiger partial charge in [0.2, 0.25) is 0 Å². The van der Waals surface area contributed by atoms with Crippen LogP contribution in [0.2, 0.25) is 0 Å². The van der Waals surface area contributed by atoms with Crippen molar-refractivity contribution in [3.63, 3.8) is 0 Å². The molecule has 92 valence electrons. The van der Waals surface area contributed by atoms with Gasteiger partial charge in [-0.25, -0.2) is 0 Å². The molecule has 1 aromatic heterocycles. The predicted octanol–water partition coefficient (Wildman–Crippen LogP) is 1.45. The van der Waals surface area contributed by atoms with Crippen LogP contribution in [0.4, 0.5) is 5.69 Å². The van der Waals surface area contributed by atoms with Crippen LogP contribution in [0.5, 0.6) is 0 Å². The van der Waals surface area contributed by atoms with Crippen molar-refractivity contribution >= 4 is 11.6 Å². The van der Waals surface area contributed by atoms with E-state index in [-0.39, 0.29) is 5.91 Å². The second-order valence-electron chi connectivity index (χ2n) is 3.81. The number of carbonyl (C=O) groups is 1. The minimum atomic E-state index is -0.189. The van der Waals surface area contributed by atoms with Gasteiger partial charge in [-0.2, -0.15) is 10.2 Å². The number of benzene rings is 1. The smallest absolute Gasteiger partial charge is 0.257 e. The van der Waals surface area contributed by atoms with Gasteiger partial charge in [0.25, 0.3) is 5.91 Å². The van der Waals surface area contributed by atoms with E-state index >= 15 is 0 Å². The van der Waals surface area contributed by atoms with E-state index in [4.69, 9.17) is 0 Å². The van der Waals surface area contributed by atoms with E-state index in [1.54, 1.807) is 6.07 Å². The quantitative estimate of drug-likeness (QED) is 0.851. The molecular formula is C13H14N4O. The third-order valence-electron chi connectivity index (χ3n) is 2.44. The first kappa shape index (κ1) is 12.2. The van der Waals surface area contributed by atoms with Crippen LogP contribution in [0.1, 0.15) is 15.9 Å². The highest BCUT2D eigenvalue weighted by Crippen LogP contribution is 2.10. The van der Waals surface area contributed by atoms with Gasteiger partial charge in [0, 0.05) is 12.2 Å². The normalized spacial score (nSPS) is 10.1. The third-order valence-corrected chi connectivity index (χ3v) is 2.44. The first-order valence-corrected chi connectivity index (χ1v) is 5.61. The van der Waals surface area contributed by atoms with Crippen molar-refractivity contribution in [1.82, 2.24) is 15.5 Å². The summed E-state index contributed by atoms with van der Waals surface area (Å²) < 4.78 is 0. The molecule has 0 saturated heterocycles. The molecule has 5 nitrogen and oxygen atoms in total. The Balaban J connectivity index is 2.03. The Bertz CT molecular complexity index is 510. The second kappa shape index (κ2) is 5.88. The molecule has 0 aliphatic carbocycles. The molecule has 1 aromatic carbocycles. The minimum Gasteiger partial charge on any atom is -0.322 e. The van der Waals surface area contributed by atoms with E-state index in [0.29, 0.717) is 5.56 Å². The number of hydrogen-bond donors (Lipinski definition) is 2. The SMILES string of the molecule is CNCc1ccc(NC(=O)c2ccnnc2)cc1. The van der Waals surface area contributed by atoms with E-state index in [0.717, 1.165) is 12.2 Å². The number of anilines is 1. The number of hydrogen-bond acceptors (Lipinski definition) is 4. The van der Waals surface area contributed by atoms with Crippen molar-refractivity contribution in [3.8, 4) is 0 Å². The number of nitrogens with one attached hydrogen (secondary N) is 2. The Kier molecular flexibility index (Phi) is 3.98. The zero-order chi connectivity index (χ0) is 12.8. The third kappa shape index (κ3) is 3.11. The molecule has 0 fully saturated rings. The monoisotopic (exact) mass is 242 g/mol. The first-order chi connectivity index (χ1) is 8.79. The maximum Gasteiger partial charge on any atom is 0.257 e. The average molecular weight is 242 g/mol. The standard InChI is InChI=1S/C13H14N4O/c1-14-8-10-2-4-12(5-3-10)17-13(18)11-6-7-15-16-9-11/h2-7,9,14H,8H2,1H3,(H,17,18). The van der Waals surface area contributed by atoms with Crippen LogP contribution in [-0.4, -0.2) is 23.2 Å². The molecule has 1 heterocycles. The number of aromatic nitrogens is 2. The summed E-state index contributed by atoms with van der Waals surface area (Å²) in [6, 6.07) is 9.31. The van der Waals surface area contributed by atoms with Gasteiger partial charge >= 0.3 is 0 Å². The molecule has 0 spiro atoms. The van der Waals surface area contributed by atoms with Gasteiger partial charge in [-0.05, 0) is 30.8 Å². The van der Waals surface area contributed by atoms with Crippen LogP contribution in [0.15, 0.2) is 42.7 Å². The summed E-state index contributed by atoms with van der Waals surface area (Å²) in [6.45, 7) is 0.808. The molecule has 0 unspecified atom stereocenters. The van der Waals surface area contributed by atoms with Crippen molar-refractivity contribution in [2.24, 2.45) is 0 Å². The highest BCUT2D eigenvalue weighted by molar-refractivity contribution is 6.03. The molecular weight excluding hydrogens is 228 g/mol. The van der Waals surface area contributed by atoms with Gasteiger partial charge in [-0.1, -0.05) is 12.1 Å². The fraction of sp³-hybridized carbons (Fsp3) is 0.154. The number of rotatable bonds is 4. The average Bonchev–Trinajstić information content (AvgIpc) is 2.42. The molecule has 0 aliphatic heterocycles. The van der Waals surface area contributed by atoms with Crippen LogP contribution in [0.3, 0.4) is 0 Å². The van der Waals surface area contributed by atoms with Crippen LogP contribution < -0.4 is 10.6 Å². The Morgan fingerprint density at radius 1 is 1.17 bits per heavy atom. The molecule has 2 N–H and O–H groups in total. The lowest BCUT2D eigenvalue weighted by Gasteiger charge is -2.06. The van der Waals surface area contributed by atoms with Gasteiger partial charge < -0.3 is 10.6 Å². The van der Waals surface area contributed by atoms with E-state index in [1.807, 2.05) is 31.3 Å². The molecule has 0 aliphatic rings. The molecule has 0 bridgehead atoms. The van der Waals surface area contributed by atoms with Gasteiger partial charge in [0.05, 0.1) is 18.0 Å². The van der Waals surface area contributed by atoms with Gasteiger partial charge in [0.15, 0.2) is 0 Å². The summed E-state index contributed by atoms with van der Waals surface area (Å²) >= 11 is 0. The van der Waals surface area contributed by atoms with Crippen LogP contribution in [0.25, 0.3) is 0 Å². The van der Waals surface area contributed by atoms with Crippen molar-refractivity contribution in [3.05, 3.63) is 53.9 Å². The van der Waals surface area contributed by atoms with Crippen LogP contribution in [-0.2, 0) is 6.54 Å². The van der Waals surface area contributed by atoms with E-state index < -0.39 is 0 Å². The molecule has 2 rings (SSSR count). The zero-order valence-electron chi connectivity index (χ0n) is 10.1. The fourth-order valence-electron chi connectivity index (χ4n) is 1.54. The molecule has 1 amide bonds. The second-order valence-corrected chi connectivity index (χ2v) is 3.81. The molecule has 0 atom stereocenters. The van der Waals surface area contributed by atoms with Crippen molar-refractivity contribution in [2.45, 2.75) is 6.54 Å². The van der Waals surface area contributed by atoms with E-state index in [9.17, 15) is 4.79 Å². The lowest BCUT2D eigenvalue weighted by Crippen LogP contribution is -2.12. The first-order valence-electron chi connectivity index (χ1n) is 5.61. The number of nitrogens with zero attached hydrogens (tertiary/aromatic N) is 2. The molecule has 2 aromatic rings. The highest BCUT2D eigenvalue weighted by atomic mass is 16.1. The zero-order valence-corrected chi connectivity index (χ0v) is 10.1. The highest BCUT2D eigenvalue weighted by Gasteiger charge is 2.05. The maximum absolute atomic E-state index is 11.8. The Hall–Kier alpha value is -2.27. The van der Waals surface area contributed by atoms with Gasteiger partial charge in [-0.15, -0.1) is 0 Å². The molecule has 5 heteroatoms. The Morgan fingerprint density at radius 2 is 1.94 bits per heavy atom. The molecule has 0 saturated carbocycles. The number of carbonyl (C=O) groups excluding carboxylic acids is 1. The largest absolute Gasteiger partial charge is 0.322 e. The Labute approximate surface area is 105 Å². The summed E-state index contributed by atoms with van der Waals surface area (Å²) in [5, 5.41) is 13.2. The Morgan fingerprint density at radius 3 is 2.56 bits per heavy atom. The van der Waals surface area contributed by atoms with Gasteiger partial charge in [-0.3, -0.25) is 4.79 Å². The summed E-state index contributed by atoms with van der Waals surface area (Å²) in [6.07, 6.45) is 2.93. The summed E-state index contributed by atoms with van der Waals surface area (Å²) in [7, 11) is 1.89. The summed E-state index contributed by atoms with van der Waals surface area (Å²) in [5.41, 5.74) is 2.42. The fourth-order valence-corrected chi connectivity index (χ4v) is 1.54. The van der Waals surface area contributed by atoms with E-state index in [1.165, 1.54) is 18.0 Å². The summed E-state index contributed by atoms with van der Waals surface area (Å²) in [5.74, 6) is -0.189. The molecule has 18 heavy (non-hydrogen) atoms.